The number of phenolic OH excluding ortho intramolecular Hbond substituents is 1. The number of nitrogens with two attached hydrogens (primary N) is 1. The van der Waals surface area contributed by atoms with Gasteiger partial charge in [-0.1, -0.05) is 38.0 Å². The summed E-state index contributed by atoms with van der Waals surface area (Å²) in [7, 11) is 0. The van der Waals surface area contributed by atoms with E-state index in [-0.39, 0.29) is 25.1 Å². The van der Waals surface area contributed by atoms with E-state index in [2.05, 4.69) is 24.1 Å². The van der Waals surface area contributed by atoms with Crippen molar-refractivity contribution in [3.8, 4) is 5.75 Å². The summed E-state index contributed by atoms with van der Waals surface area (Å²) in [5.41, 5.74) is 4.94. The van der Waals surface area contributed by atoms with Gasteiger partial charge in [-0.05, 0) is 51.3 Å². The molecule has 0 saturated carbocycles. The van der Waals surface area contributed by atoms with Crippen LogP contribution in [0.5, 0.6) is 5.75 Å². The number of carbonyl (C=O) groups is 4. The minimum Gasteiger partial charge on any atom is -0.508 e. The molecule has 200 valence electrons. The van der Waals surface area contributed by atoms with Crippen molar-refractivity contribution < 1.29 is 29.0 Å². The molecule has 2 atom stereocenters. The van der Waals surface area contributed by atoms with E-state index in [0.29, 0.717) is 12.1 Å². The monoisotopic (exact) mass is 504 g/mol. The number of hydrogen-bond acceptors (Lipinski definition) is 6. The molecule has 4 amide bonds. The summed E-state index contributed by atoms with van der Waals surface area (Å²) in [5, 5.41) is 15.1. The second-order valence-corrected chi connectivity index (χ2v) is 9.48. The molecule has 0 aliphatic rings. The number of hydrogen-bond donors (Lipinski definition) is 4. The summed E-state index contributed by atoms with van der Waals surface area (Å²) in [6, 6.07) is 3.69. The number of unbranched alkanes of at least 4 members (excludes halogenated alkanes) is 2. The van der Waals surface area contributed by atoms with Gasteiger partial charge in [0.05, 0.1) is 0 Å². The molecule has 5 N–H and O–H groups in total. The number of nitrogens with one attached hydrogen (secondary N) is 2. The molecule has 0 radical (unpaired) electrons. The predicted molar refractivity (Wildman–Crippen MR) is 137 cm³/mol. The number of amides is 4. The molecule has 10 heteroatoms. The first-order valence-corrected chi connectivity index (χ1v) is 12.2. The number of alkyl carbamates (subject to hydrolysis) is 1. The minimum absolute atomic E-state index is 0.00776. The van der Waals surface area contributed by atoms with E-state index >= 15 is 0 Å². The molecule has 10 nitrogen and oxygen atoms in total. The van der Waals surface area contributed by atoms with Crippen molar-refractivity contribution in [2.24, 2.45) is 5.73 Å². The topological polar surface area (TPSA) is 151 Å². The molecule has 36 heavy (non-hydrogen) atoms. The van der Waals surface area contributed by atoms with Crippen LogP contribution in [0.15, 0.2) is 36.9 Å². The fourth-order valence-corrected chi connectivity index (χ4v) is 3.47. The molecule has 2 unspecified atom stereocenters. The smallest absolute Gasteiger partial charge is 0.408 e. The van der Waals surface area contributed by atoms with Crippen molar-refractivity contribution in [2.45, 2.75) is 77.5 Å². The fourth-order valence-electron chi connectivity index (χ4n) is 3.47. The second kappa shape index (κ2) is 14.8. The van der Waals surface area contributed by atoms with Crippen LogP contribution in [0.2, 0.25) is 0 Å². The summed E-state index contributed by atoms with van der Waals surface area (Å²) >= 11 is 0. The van der Waals surface area contributed by atoms with Crippen LogP contribution in [0.4, 0.5) is 4.79 Å². The van der Waals surface area contributed by atoms with Crippen LogP contribution < -0.4 is 16.4 Å². The average molecular weight is 505 g/mol. The maximum atomic E-state index is 13.7. The molecule has 1 aromatic rings. The lowest BCUT2D eigenvalue weighted by atomic mass is 10.0. The van der Waals surface area contributed by atoms with Crippen LogP contribution in [0, 0.1) is 0 Å². The first-order chi connectivity index (χ1) is 16.9. The Labute approximate surface area is 213 Å². The SMILES string of the molecule is C=CCN(C(=O)C(CCC(N)=O)NC(=O)OC(C)(C)C)C(C(=O)NCCCCC)c1ccc(O)cc1. The molecule has 1 aromatic carbocycles. The number of rotatable bonds is 14. The molecule has 0 aliphatic heterocycles. The minimum atomic E-state index is -1.18. The highest BCUT2D eigenvalue weighted by Crippen LogP contribution is 2.25. The maximum Gasteiger partial charge on any atom is 0.408 e. The van der Waals surface area contributed by atoms with Gasteiger partial charge in [0.15, 0.2) is 0 Å². The lowest BCUT2D eigenvalue weighted by molar-refractivity contribution is -0.142. The van der Waals surface area contributed by atoms with Crippen molar-refractivity contribution in [1.82, 2.24) is 15.5 Å². The zero-order valence-corrected chi connectivity index (χ0v) is 21.7. The molecule has 0 aliphatic carbocycles. The number of aromatic hydroxyl groups is 1. The van der Waals surface area contributed by atoms with Crippen molar-refractivity contribution in [3.63, 3.8) is 0 Å². The lowest BCUT2D eigenvalue weighted by Crippen LogP contribution is -2.53. The molecular formula is C26H40N4O6. The van der Waals surface area contributed by atoms with E-state index in [4.69, 9.17) is 10.5 Å². The highest BCUT2D eigenvalue weighted by atomic mass is 16.6. The van der Waals surface area contributed by atoms with Gasteiger partial charge in [0.25, 0.3) is 0 Å². The van der Waals surface area contributed by atoms with Gasteiger partial charge < -0.3 is 31.1 Å². The van der Waals surface area contributed by atoms with Crippen LogP contribution in [-0.2, 0) is 19.1 Å². The number of carbonyl (C=O) groups excluding carboxylic acids is 4. The predicted octanol–water partition coefficient (Wildman–Crippen LogP) is 2.91. The average Bonchev–Trinajstić information content (AvgIpc) is 2.78. The second-order valence-electron chi connectivity index (χ2n) is 9.48. The Kier molecular flexibility index (Phi) is 12.5. The summed E-state index contributed by atoms with van der Waals surface area (Å²) < 4.78 is 5.28. The Morgan fingerprint density at radius 3 is 2.33 bits per heavy atom. The molecular weight excluding hydrogens is 464 g/mol. The van der Waals surface area contributed by atoms with Gasteiger partial charge in [-0.3, -0.25) is 14.4 Å². The van der Waals surface area contributed by atoms with Crippen LogP contribution >= 0.6 is 0 Å². The third-order valence-corrected chi connectivity index (χ3v) is 5.13. The van der Waals surface area contributed by atoms with Gasteiger partial charge in [0, 0.05) is 19.5 Å². The molecule has 0 saturated heterocycles. The van der Waals surface area contributed by atoms with Gasteiger partial charge in [0.1, 0.15) is 23.4 Å². The van der Waals surface area contributed by atoms with Crippen LogP contribution in [0.25, 0.3) is 0 Å². The summed E-state index contributed by atoms with van der Waals surface area (Å²) in [6.45, 7) is 11.2. The van der Waals surface area contributed by atoms with E-state index < -0.39 is 41.5 Å². The van der Waals surface area contributed by atoms with Crippen molar-refractivity contribution in [1.29, 1.82) is 0 Å². The molecule has 0 heterocycles. The third kappa shape index (κ3) is 10.8. The van der Waals surface area contributed by atoms with E-state index in [0.717, 1.165) is 19.3 Å². The van der Waals surface area contributed by atoms with Gasteiger partial charge in [0.2, 0.25) is 17.7 Å². The van der Waals surface area contributed by atoms with Gasteiger partial charge in [-0.2, -0.15) is 0 Å². The molecule has 0 aromatic heterocycles. The molecule has 1 rings (SSSR count). The lowest BCUT2D eigenvalue weighted by Gasteiger charge is -2.34. The fraction of sp³-hybridized carbons (Fsp3) is 0.538. The maximum absolute atomic E-state index is 13.7. The van der Waals surface area contributed by atoms with Crippen LogP contribution in [-0.4, -0.2) is 58.6 Å². The van der Waals surface area contributed by atoms with E-state index in [1.54, 1.807) is 32.9 Å². The Morgan fingerprint density at radius 1 is 1.17 bits per heavy atom. The zero-order chi connectivity index (χ0) is 27.3. The molecule has 0 spiro atoms. The summed E-state index contributed by atoms with van der Waals surface area (Å²) in [4.78, 5) is 52.3. The quantitative estimate of drug-likeness (QED) is 0.226. The van der Waals surface area contributed by atoms with E-state index in [1.807, 2.05) is 0 Å². The van der Waals surface area contributed by atoms with Crippen LogP contribution in [0.1, 0.15) is 71.4 Å². The first kappa shape index (κ1) is 30.5. The van der Waals surface area contributed by atoms with E-state index in [9.17, 15) is 24.3 Å². The Bertz CT molecular complexity index is 895. The van der Waals surface area contributed by atoms with E-state index in [1.165, 1.54) is 23.1 Å². The van der Waals surface area contributed by atoms with Crippen molar-refractivity contribution in [3.05, 3.63) is 42.5 Å². The van der Waals surface area contributed by atoms with Crippen LogP contribution in [0.3, 0.4) is 0 Å². The van der Waals surface area contributed by atoms with Gasteiger partial charge in [-0.15, -0.1) is 6.58 Å². The highest BCUT2D eigenvalue weighted by Gasteiger charge is 2.35. The standard InChI is InChI=1S/C26H40N4O6/c1-6-8-9-16-28-23(33)22(18-10-12-19(31)13-11-18)30(17-7-2)24(34)20(14-15-21(27)32)29-25(35)36-26(3,4)5/h7,10-13,20,22,31H,2,6,8-9,14-17H2,1,3-5H3,(H2,27,32)(H,28,33)(H,29,35). The molecule has 0 bridgehead atoms. The van der Waals surface area contributed by atoms with Gasteiger partial charge >= 0.3 is 6.09 Å². The summed E-state index contributed by atoms with van der Waals surface area (Å²) in [6.07, 6.45) is 3.08. The number of ether oxygens (including phenoxy) is 1. The molecule has 0 fully saturated rings. The normalized spacial score (nSPS) is 12.7. The number of primary amides is 1. The van der Waals surface area contributed by atoms with Crippen molar-refractivity contribution in [2.75, 3.05) is 13.1 Å². The Hall–Kier alpha value is -3.56. The first-order valence-electron chi connectivity index (χ1n) is 12.2. The number of phenols is 1. The zero-order valence-electron chi connectivity index (χ0n) is 21.7. The number of benzene rings is 1. The Morgan fingerprint density at radius 2 is 1.81 bits per heavy atom. The number of nitrogens with zero attached hydrogens (tertiary/aromatic N) is 1. The summed E-state index contributed by atoms with van der Waals surface area (Å²) in [5.74, 6) is -1.66. The van der Waals surface area contributed by atoms with Crippen molar-refractivity contribution >= 4 is 23.8 Å². The highest BCUT2D eigenvalue weighted by molar-refractivity contribution is 5.92. The van der Waals surface area contributed by atoms with Gasteiger partial charge in [-0.25, -0.2) is 4.79 Å². The third-order valence-electron chi connectivity index (χ3n) is 5.13. The Balaban J connectivity index is 3.35. The largest absolute Gasteiger partial charge is 0.508 e.